The molecular formula is C21H25NO4. The Labute approximate surface area is 153 Å². The fourth-order valence-corrected chi connectivity index (χ4v) is 2.98. The Morgan fingerprint density at radius 2 is 1.85 bits per heavy atom. The first kappa shape index (κ1) is 19.5. The minimum Gasteiger partial charge on any atom is -0.508 e. The molecule has 138 valence electrons. The maximum Gasteiger partial charge on any atom is 0.263 e. The number of aromatic hydroxyl groups is 1. The number of ketones is 1. The molecule has 1 aromatic rings. The fraction of sp³-hybridized carbons (Fsp3) is 0.333. The van der Waals surface area contributed by atoms with Crippen molar-refractivity contribution >= 4 is 17.8 Å². The third kappa shape index (κ3) is 4.63. The second kappa shape index (κ2) is 8.52. The Morgan fingerprint density at radius 1 is 1.19 bits per heavy atom. The molecule has 1 aliphatic heterocycles. The molecule has 1 heterocycles. The highest BCUT2D eigenvalue weighted by Gasteiger charge is 2.34. The first-order valence-electron chi connectivity index (χ1n) is 8.74. The lowest BCUT2D eigenvalue weighted by atomic mass is 9.88. The molecule has 1 aromatic carbocycles. The van der Waals surface area contributed by atoms with Gasteiger partial charge in [-0.1, -0.05) is 38.1 Å². The van der Waals surface area contributed by atoms with Crippen LogP contribution in [0.2, 0.25) is 0 Å². The van der Waals surface area contributed by atoms with Gasteiger partial charge >= 0.3 is 0 Å². The van der Waals surface area contributed by atoms with Crippen molar-refractivity contribution in [2.45, 2.75) is 33.6 Å². The van der Waals surface area contributed by atoms with Crippen molar-refractivity contribution in [2.75, 3.05) is 0 Å². The molecule has 26 heavy (non-hydrogen) atoms. The van der Waals surface area contributed by atoms with Gasteiger partial charge in [-0.3, -0.25) is 9.59 Å². The summed E-state index contributed by atoms with van der Waals surface area (Å²) in [5.41, 5.74) is 0.699. The third-order valence-corrected chi connectivity index (χ3v) is 4.40. The number of carbonyl (C=O) groups is 2. The first-order valence-corrected chi connectivity index (χ1v) is 8.74. The zero-order chi connectivity index (χ0) is 19.3. The molecule has 0 saturated carbocycles. The predicted octanol–water partition coefficient (Wildman–Crippen LogP) is 3.87. The third-order valence-electron chi connectivity index (χ3n) is 4.40. The minimum atomic E-state index is -0.578. The highest BCUT2D eigenvalue weighted by atomic mass is 16.3. The van der Waals surface area contributed by atoms with Crippen molar-refractivity contribution < 1.29 is 19.8 Å². The molecule has 2 atom stereocenters. The summed E-state index contributed by atoms with van der Waals surface area (Å²) >= 11 is 0. The van der Waals surface area contributed by atoms with Gasteiger partial charge in [-0.2, -0.15) is 0 Å². The van der Waals surface area contributed by atoms with E-state index in [-0.39, 0.29) is 34.5 Å². The highest BCUT2D eigenvalue weighted by Crippen LogP contribution is 2.26. The predicted molar refractivity (Wildman–Crippen MR) is 101 cm³/mol. The lowest BCUT2D eigenvalue weighted by Crippen LogP contribution is -2.24. The molecule has 0 aromatic heterocycles. The van der Waals surface area contributed by atoms with Crippen molar-refractivity contribution in [3.8, 4) is 5.75 Å². The number of amides is 1. The first-order chi connectivity index (χ1) is 12.3. The zero-order valence-corrected chi connectivity index (χ0v) is 15.3. The van der Waals surface area contributed by atoms with Crippen LogP contribution in [0.5, 0.6) is 5.75 Å². The zero-order valence-electron chi connectivity index (χ0n) is 15.3. The number of phenolic OH excluding ortho intramolecular Hbond substituents is 1. The molecule has 5 heteroatoms. The number of rotatable bonds is 7. The van der Waals surface area contributed by atoms with Crippen LogP contribution in [-0.4, -0.2) is 21.9 Å². The molecule has 1 aliphatic rings. The number of carbonyl (C=O) groups excluding carboxylic acids is 2. The topological polar surface area (TPSA) is 86.6 Å². The van der Waals surface area contributed by atoms with Gasteiger partial charge in [-0.25, -0.2) is 0 Å². The van der Waals surface area contributed by atoms with Crippen molar-refractivity contribution in [1.29, 1.82) is 0 Å². The molecule has 2 rings (SSSR count). The van der Waals surface area contributed by atoms with Gasteiger partial charge in [0.25, 0.3) is 5.91 Å². The van der Waals surface area contributed by atoms with Gasteiger partial charge < -0.3 is 15.5 Å². The molecule has 0 radical (unpaired) electrons. The number of aliphatic hydroxyl groups excluding tert-OH is 1. The number of hydrogen-bond donors (Lipinski definition) is 3. The standard InChI is InChI=1S/C21H25NO4/c1-4-5-6-13(2)11-14(3)19(24)18-20(25)17(22-21(18)26)12-15-7-9-16(23)10-8-15/h4-5,7-10,12-14,23,25H,6,11H2,1-3H3,(H,22,26). The van der Waals surface area contributed by atoms with Gasteiger partial charge in [-0.05, 0) is 49.5 Å². The van der Waals surface area contributed by atoms with Gasteiger partial charge in [0.1, 0.15) is 11.3 Å². The molecule has 0 saturated heterocycles. The van der Waals surface area contributed by atoms with E-state index in [4.69, 9.17) is 0 Å². The SMILES string of the molecule is CC=CCC(C)CC(C)C(=O)C1=C(O)C(=Cc2ccc(O)cc2)NC1=O. The number of nitrogens with one attached hydrogen (secondary N) is 1. The average Bonchev–Trinajstić information content (AvgIpc) is 2.88. The molecule has 0 fully saturated rings. The largest absolute Gasteiger partial charge is 0.508 e. The Morgan fingerprint density at radius 3 is 2.46 bits per heavy atom. The minimum absolute atomic E-state index is 0.124. The molecule has 1 amide bonds. The van der Waals surface area contributed by atoms with Crippen molar-refractivity contribution in [3.05, 3.63) is 59.0 Å². The summed E-state index contributed by atoms with van der Waals surface area (Å²) in [5, 5.41) is 22.2. The van der Waals surface area contributed by atoms with Crippen LogP contribution in [0.25, 0.3) is 6.08 Å². The second-order valence-corrected chi connectivity index (χ2v) is 6.74. The second-order valence-electron chi connectivity index (χ2n) is 6.74. The van der Waals surface area contributed by atoms with Crippen LogP contribution < -0.4 is 5.32 Å². The Kier molecular flexibility index (Phi) is 6.39. The number of hydrogen-bond acceptors (Lipinski definition) is 4. The van der Waals surface area contributed by atoms with Gasteiger partial charge in [0.05, 0.1) is 5.70 Å². The quantitative estimate of drug-likeness (QED) is 0.512. The fourth-order valence-electron chi connectivity index (χ4n) is 2.98. The normalized spacial score (nSPS) is 18.4. The van der Waals surface area contributed by atoms with Crippen molar-refractivity contribution in [1.82, 2.24) is 5.32 Å². The highest BCUT2D eigenvalue weighted by molar-refractivity contribution is 6.23. The van der Waals surface area contributed by atoms with E-state index in [1.807, 2.05) is 13.0 Å². The van der Waals surface area contributed by atoms with E-state index < -0.39 is 5.91 Å². The summed E-state index contributed by atoms with van der Waals surface area (Å²) in [4.78, 5) is 24.9. The smallest absolute Gasteiger partial charge is 0.263 e. The molecular weight excluding hydrogens is 330 g/mol. The molecule has 2 unspecified atom stereocenters. The Bertz CT molecular complexity index is 772. The Hall–Kier alpha value is -2.82. The maximum atomic E-state index is 12.7. The summed E-state index contributed by atoms with van der Waals surface area (Å²) in [7, 11) is 0. The van der Waals surface area contributed by atoms with Gasteiger partial charge in [0, 0.05) is 5.92 Å². The molecule has 5 nitrogen and oxygen atoms in total. The number of aliphatic hydroxyl groups is 1. The van der Waals surface area contributed by atoms with Crippen molar-refractivity contribution in [2.24, 2.45) is 11.8 Å². The van der Waals surface area contributed by atoms with E-state index in [1.165, 1.54) is 12.1 Å². The summed E-state index contributed by atoms with van der Waals surface area (Å²) in [6, 6.07) is 6.30. The van der Waals surface area contributed by atoms with E-state index in [0.717, 1.165) is 6.42 Å². The summed E-state index contributed by atoms with van der Waals surface area (Å²) in [6.07, 6.45) is 7.11. The van der Waals surface area contributed by atoms with Crippen molar-refractivity contribution in [3.63, 3.8) is 0 Å². The van der Waals surface area contributed by atoms with Crippen LogP contribution in [-0.2, 0) is 9.59 Å². The summed E-state index contributed by atoms with van der Waals surface area (Å²) in [6.45, 7) is 5.79. The summed E-state index contributed by atoms with van der Waals surface area (Å²) < 4.78 is 0. The maximum absolute atomic E-state index is 12.7. The molecule has 3 N–H and O–H groups in total. The molecule has 0 spiro atoms. The van der Waals surface area contributed by atoms with E-state index in [1.54, 1.807) is 25.1 Å². The van der Waals surface area contributed by atoms with Crippen LogP contribution in [0.1, 0.15) is 39.2 Å². The average molecular weight is 355 g/mol. The van der Waals surface area contributed by atoms with Gasteiger partial charge in [0.2, 0.25) is 0 Å². The van der Waals surface area contributed by atoms with E-state index in [9.17, 15) is 19.8 Å². The van der Waals surface area contributed by atoms with E-state index in [2.05, 4.69) is 18.3 Å². The van der Waals surface area contributed by atoms with Gasteiger partial charge in [0.15, 0.2) is 11.5 Å². The summed E-state index contributed by atoms with van der Waals surface area (Å²) in [5.74, 6) is -1.16. The Balaban J connectivity index is 2.18. The van der Waals surface area contributed by atoms with Gasteiger partial charge in [-0.15, -0.1) is 0 Å². The van der Waals surface area contributed by atoms with E-state index >= 15 is 0 Å². The number of benzene rings is 1. The van der Waals surface area contributed by atoms with Crippen LogP contribution in [0, 0.1) is 11.8 Å². The van der Waals surface area contributed by atoms with Crippen LogP contribution in [0.3, 0.4) is 0 Å². The number of allylic oxidation sites excluding steroid dienone is 2. The lowest BCUT2D eigenvalue weighted by molar-refractivity contribution is -0.123. The molecule has 0 bridgehead atoms. The monoisotopic (exact) mass is 355 g/mol. The van der Waals surface area contributed by atoms with Crippen LogP contribution in [0.4, 0.5) is 0 Å². The van der Waals surface area contributed by atoms with Crippen LogP contribution in [0.15, 0.2) is 53.4 Å². The number of phenols is 1. The van der Waals surface area contributed by atoms with E-state index in [0.29, 0.717) is 17.9 Å². The number of Topliss-reactive ketones (excluding diaryl/α,β-unsaturated/α-hetero) is 1. The van der Waals surface area contributed by atoms with Crippen LogP contribution >= 0.6 is 0 Å². The molecule has 0 aliphatic carbocycles. The lowest BCUT2D eigenvalue weighted by Gasteiger charge is -2.15.